The van der Waals surface area contributed by atoms with Crippen molar-refractivity contribution in [2.45, 2.75) is 98.5 Å². The zero-order chi connectivity index (χ0) is 29.2. The number of nitrogens with zero attached hydrogens (tertiary/aromatic N) is 1. The van der Waals surface area contributed by atoms with Gasteiger partial charge in [0.2, 0.25) is 0 Å². The number of aromatic nitrogens is 1. The summed E-state index contributed by atoms with van der Waals surface area (Å²) in [5, 5.41) is 13.5. The van der Waals surface area contributed by atoms with E-state index < -0.39 is 12.1 Å². The fourth-order valence-corrected chi connectivity index (χ4v) is 5.61. The van der Waals surface area contributed by atoms with E-state index in [2.05, 4.69) is 10.3 Å². The van der Waals surface area contributed by atoms with Gasteiger partial charge in [-0.2, -0.15) is 0 Å². The molecule has 8 heteroatoms. The number of hydrogen-bond acceptors (Lipinski definition) is 6. The summed E-state index contributed by atoms with van der Waals surface area (Å²) in [5.74, 6) is -0.467. The number of ether oxygens (including phenoxy) is 2. The number of aryl methyl sites for hydroxylation is 2. The standard InChI is InChI=1S/C30H36N2O5S.C2H6/c1-18(2)36-26(30(34)35)16-21-11-14-25(37-24-7-5-6-8-24)23(15-21)17-31-28(33)27-20(4)32-29(38-27)22-12-9-19(3)10-13-22;1-2/h9-15,18,24,26H,5-8,16-17H2,1-4H3,(H,31,33)(H,34,35);1-2H3. The zero-order valence-corrected chi connectivity index (χ0v) is 25.3. The summed E-state index contributed by atoms with van der Waals surface area (Å²) in [6.07, 6.45) is 3.56. The maximum atomic E-state index is 13.2. The number of amides is 1. The Bertz CT molecular complexity index is 1260. The molecule has 1 aromatic heterocycles. The molecule has 2 aromatic carbocycles. The molecule has 0 radical (unpaired) electrons. The van der Waals surface area contributed by atoms with Gasteiger partial charge >= 0.3 is 5.97 Å². The van der Waals surface area contributed by atoms with Crippen LogP contribution in [-0.4, -0.2) is 40.3 Å². The third-order valence-corrected chi connectivity index (χ3v) is 7.80. The molecule has 1 saturated carbocycles. The number of aliphatic carboxylic acids is 1. The van der Waals surface area contributed by atoms with Crippen molar-refractivity contribution < 1.29 is 24.2 Å². The van der Waals surface area contributed by atoms with Crippen molar-refractivity contribution >= 4 is 23.2 Å². The topological polar surface area (TPSA) is 97.8 Å². The first-order chi connectivity index (χ1) is 19.2. The highest BCUT2D eigenvalue weighted by atomic mass is 32.1. The van der Waals surface area contributed by atoms with Gasteiger partial charge in [-0.25, -0.2) is 9.78 Å². The first-order valence-corrected chi connectivity index (χ1v) is 15.0. The minimum atomic E-state index is -0.995. The van der Waals surface area contributed by atoms with E-state index in [0.717, 1.165) is 53.1 Å². The molecule has 1 atom stereocenters. The first-order valence-electron chi connectivity index (χ1n) is 14.2. The molecule has 2 N–H and O–H groups in total. The summed E-state index contributed by atoms with van der Waals surface area (Å²) in [4.78, 5) is 30.1. The molecule has 1 unspecified atom stereocenters. The number of benzene rings is 2. The molecular weight excluding hydrogens is 524 g/mol. The number of carboxylic acid groups (broad SMARTS) is 1. The predicted octanol–water partition coefficient (Wildman–Crippen LogP) is 7.13. The van der Waals surface area contributed by atoms with Crippen LogP contribution in [0.5, 0.6) is 5.75 Å². The molecule has 0 saturated heterocycles. The second-order valence-electron chi connectivity index (χ2n) is 10.2. The lowest BCUT2D eigenvalue weighted by Gasteiger charge is -2.20. The van der Waals surface area contributed by atoms with E-state index in [9.17, 15) is 14.7 Å². The molecule has 216 valence electrons. The van der Waals surface area contributed by atoms with Crippen LogP contribution in [0.25, 0.3) is 10.6 Å². The van der Waals surface area contributed by atoms with Crippen LogP contribution < -0.4 is 10.1 Å². The van der Waals surface area contributed by atoms with Gasteiger partial charge in [-0.15, -0.1) is 11.3 Å². The van der Waals surface area contributed by atoms with Crippen LogP contribution in [0.4, 0.5) is 0 Å². The fraction of sp³-hybridized carbons (Fsp3) is 0.469. The van der Waals surface area contributed by atoms with Crippen molar-refractivity contribution in [2.75, 3.05) is 0 Å². The highest BCUT2D eigenvalue weighted by Gasteiger charge is 2.23. The molecular formula is C32H42N2O5S. The molecule has 0 bridgehead atoms. The van der Waals surface area contributed by atoms with Gasteiger partial charge in [0.05, 0.1) is 17.9 Å². The van der Waals surface area contributed by atoms with E-state index in [1.165, 1.54) is 16.9 Å². The molecule has 0 spiro atoms. The summed E-state index contributed by atoms with van der Waals surface area (Å²) in [6.45, 7) is 11.8. The van der Waals surface area contributed by atoms with Gasteiger partial charge < -0.3 is 19.9 Å². The Labute approximate surface area is 242 Å². The van der Waals surface area contributed by atoms with Crippen molar-refractivity contribution in [3.63, 3.8) is 0 Å². The Morgan fingerprint density at radius 1 is 1.07 bits per heavy atom. The minimum absolute atomic E-state index is 0.159. The predicted molar refractivity (Wildman–Crippen MR) is 160 cm³/mol. The molecule has 1 aliphatic rings. The van der Waals surface area contributed by atoms with Crippen LogP contribution in [-0.2, 0) is 22.5 Å². The third-order valence-electron chi connectivity index (χ3n) is 6.59. The maximum absolute atomic E-state index is 13.2. The normalized spacial score (nSPS) is 14.0. The monoisotopic (exact) mass is 566 g/mol. The highest BCUT2D eigenvalue weighted by Crippen LogP contribution is 2.30. The molecule has 0 aliphatic heterocycles. The van der Waals surface area contributed by atoms with E-state index in [1.54, 1.807) is 0 Å². The number of thiazole rings is 1. The molecule has 1 heterocycles. The van der Waals surface area contributed by atoms with Gasteiger partial charge in [-0.3, -0.25) is 4.79 Å². The number of rotatable bonds is 11. The van der Waals surface area contributed by atoms with Crippen LogP contribution in [0.3, 0.4) is 0 Å². The molecule has 40 heavy (non-hydrogen) atoms. The van der Waals surface area contributed by atoms with Gasteiger partial charge in [0.25, 0.3) is 5.91 Å². The molecule has 1 fully saturated rings. The molecule has 4 rings (SSSR count). The molecule has 1 amide bonds. The number of carbonyl (C=O) groups is 2. The summed E-state index contributed by atoms with van der Waals surface area (Å²) < 4.78 is 11.9. The Kier molecular flexibility index (Phi) is 11.7. The van der Waals surface area contributed by atoms with Crippen molar-refractivity contribution in [1.29, 1.82) is 0 Å². The highest BCUT2D eigenvalue weighted by molar-refractivity contribution is 7.17. The Morgan fingerprint density at radius 3 is 2.38 bits per heavy atom. The largest absolute Gasteiger partial charge is 0.490 e. The first kappa shape index (κ1) is 31.3. The third kappa shape index (κ3) is 8.63. The Hall–Kier alpha value is -3.23. The SMILES string of the molecule is CC.Cc1ccc(-c2nc(C)c(C(=O)NCc3cc(CC(OC(C)C)C(=O)O)ccc3OC3CCCC3)s2)cc1. The molecule has 3 aromatic rings. The van der Waals surface area contributed by atoms with Crippen molar-refractivity contribution in [3.05, 3.63) is 69.7 Å². The van der Waals surface area contributed by atoms with E-state index in [4.69, 9.17) is 9.47 Å². The maximum Gasteiger partial charge on any atom is 0.333 e. The van der Waals surface area contributed by atoms with E-state index in [1.807, 2.05) is 84.0 Å². The zero-order valence-electron chi connectivity index (χ0n) is 24.5. The van der Waals surface area contributed by atoms with E-state index in [0.29, 0.717) is 10.6 Å². The lowest BCUT2D eigenvalue weighted by molar-refractivity contribution is -0.153. The number of carbonyl (C=O) groups excluding carboxylic acids is 1. The lowest BCUT2D eigenvalue weighted by atomic mass is 10.0. The minimum Gasteiger partial charge on any atom is -0.490 e. The smallest absolute Gasteiger partial charge is 0.333 e. The Balaban J connectivity index is 0.00000216. The van der Waals surface area contributed by atoms with E-state index in [-0.39, 0.29) is 31.1 Å². The second-order valence-corrected chi connectivity index (χ2v) is 11.2. The Morgan fingerprint density at radius 2 is 1.75 bits per heavy atom. The average Bonchev–Trinajstić information content (AvgIpc) is 3.59. The van der Waals surface area contributed by atoms with Crippen molar-refractivity contribution in [2.24, 2.45) is 0 Å². The van der Waals surface area contributed by atoms with Crippen LogP contribution in [0.1, 0.15) is 85.4 Å². The lowest BCUT2D eigenvalue weighted by Crippen LogP contribution is -2.29. The van der Waals surface area contributed by atoms with Crippen molar-refractivity contribution in [3.8, 4) is 16.3 Å². The van der Waals surface area contributed by atoms with Crippen LogP contribution in [0.2, 0.25) is 0 Å². The van der Waals surface area contributed by atoms with Gasteiger partial charge in [-0.05, 0) is 65.0 Å². The molecule has 7 nitrogen and oxygen atoms in total. The fourth-order valence-electron chi connectivity index (χ4n) is 4.62. The van der Waals surface area contributed by atoms with Gasteiger partial charge in [0, 0.05) is 24.1 Å². The van der Waals surface area contributed by atoms with Gasteiger partial charge in [0.15, 0.2) is 6.10 Å². The number of nitrogens with one attached hydrogen (secondary N) is 1. The van der Waals surface area contributed by atoms with E-state index >= 15 is 0 Å². The van der Waals surface area contributed by atoms with Crippen LogP contribution in [0.15, 0.2) is 42.5 Å². The van der Waals surface area contributed by atoms with Gasteiger partial charge in [0.1, 0.15) is 15.6 Å². The number of hydrogen-bond donors (Lipinski definition) is 2. The average molecular weight is 567 g/mol. The second kappa shape index (κ2) is 15.0. The number of carboxylic acids is 1. The summed E-state index contributed by atoms with van der Waals surface area (Å²) in [5.41, 5.74) is 4.48. The molecule has 1 aliphatic carbocycles. The van der Waals surface area contributed by atoms with Crippen LogP contribution in [0, 0.1) is 13.8 Å². The summed E-state index contributed by atoms with van der Waals surface area (Å²) >= 11 is 1.38. The van der Waals surface area contributed by atoms with Crippen LogP contribution >= 0.6 is 11.3 Å². The van der Waals surface area contributed by atoms with Crippen molar-refractivity contribution in [1.82, 2.24) is 10.3 Å². The summed E-state index contributed by atoms with van der Waals surface area (Å²) in [7, 11) is 0. The summed E-state index contributed by atoms with van der Waals surface area (Å²) in [6, 6.07) is 13.8. The quantitative estimate of drug-likeness (QED) is 0.256. The van der Waals surface area contributed by atoms with Gasteiger partial charge in [-0.1, -0.05) is 55.8 Å².